The van der Waals surface area contributed by atoms with E-state index in [0.717, 1.165) is 5.56 Å². The Hall–Kier alpha value is -3.39. The smallest absolute Gasteiger partial charge is 0.261 e. The highest BCUT2D eigenvalue weighted by molar-refractivity contribution is 7.92. The van der Waals surface area contributed by atoms with Gasteiger partial charge < -0.3 is 10.1 Å². The van der Waals surface area contributed by atoms with E-state index in [9.17, 15) is 13.2 Å². The number of anilines is 1. The summed E-state index contributed by atoms with van der Waals surface area (Å²) >= 11 is 0. The lowest BCUT2D eigenvalue weighted by Crippen LogP contribution is -2.29. The molecule has 0 aliphatic carbocycles. The van der Waals surface area contributed by atoms with Gasteiger partial charge in [-0.1, -0.05) is 26.0 Å². The van der Waals surface area contributed by atoms with Crippen LogP contribution in [0.2, 0.25) is 0 Å². The molecule has 0 aliphatic heterocycles. The van der Waals surface area contributed by atoms with Crippen LogP contribution in [-0.4, -0.2) is 25.4 Å². The maximum atomic E-state index is 12.6. The van der Waals surface area contributed by atoms with Crippen LogP contribution in [0.25, 0.3) is 0 Å². The molecule has 0 radical (unpaired) electrons. The first kappa shape index (κ1) is 23.3. The number of nitrogens with zero attached hydrogens (tertiary/aromatic N) is 1. The standard InChI is InChI=1S/C24H27N3O4S/c1-16(2)18-7-12-22(13-8-18)32(29,30)27-20-9-14-23(25-15-20)31-21-10-5-19(6-11-21)24(28)26-17(3)4/h5-17,27H,1-4H3,(H,26,28). The molecular weight excluding hydrogens is 426 g/mol. The quantitative estimate of drug-likeness (QED) is 0.504. The first-order chi connectivity index (χ1) is 15.1. The molecule has 32 heavy (non-hydrogen) atoms. The van der Waals surface area contributed by atoms with Gasteiger partial charge in [0.2, 0.25) is 5.88 Å². The number of pyridine rings is 1. The van der Waals surface area contributed by atoms with Gasteiger partial charge in [-0.2, -0.15) is 0 Å². The van der Waals surface area contributed by atoms with E-state index in [0.29, 0.717) is 28.8 Å². The molecule has 0 aliphatic rings. The van der Waals surface area contributed by atoms with E-state index in [4.69, 9.17) is 4.74 Å². The van der Waals surface area contributed by atoms with Gasteiger partial charge in [-0.15, -0.1) is 0 Å². The van der Waals surface area contributed by atoms with Gasteiger partial charge in [0.25, 0.3) is 15.9 Å². The average Bonchev–Trinajstić information content (AvgIpc) is 2.75. The number of carbonyl (C=O) groups is 1. The van der Waals surface area contributed by atoms with Crippen molar-refractivity contribution in [3.05, 3.63) is 78.0 Å². The maximum Gasteiger partial charge on any atom is 0.261 e. The van der Waals surface area contributed by atoms with E-state index in [1.54, 1.807) is 48.5 Å². The van der Waals surface area contributed by atoms with E-state index in [1.807, 2.05) is 26.0 Å². The van der Waals surface area contributed by atoms with Crippen LogP contribution in [0, 0.1) is 0 Å². The van der Waals surface area contributed by atoms with Crippen LogP contribution < -0.4 is 14.8 Å². The number of ether oxygens (including phenoxy) is 1. The summed E-state index contributed by atoms with van der Waals surface area (Å²) in [6, 6.07) is 16.7. The van der Waals surface area contributed by atoms with Gasteiger partial charge in [0.1, 0.15) is 5.75 Å². The molecule has 1 aromatic heterocycles. The molecule has 168 valence electrons. The molecule has 8 heteroatoms. The third kappa shape index (κ3) is 6.07. The first-order valence-corrected chi connectivity index (χ1v) is 11.8. The normalized spacial score (nSPS) is 11.4. The molecule has 0 fully saturated rings. The minimum atomic E-state index is -3.72. The summed E-state index contributed by atoms with van der Waals surface area (Å²) in [7, 11) is -3.72. The third-order valence-corrected chi connectivity index (χ3v) is 6.00. The Morgan fingerprint density at radius 3 is 2.09 bits per heavy atom. The van der Waals surface area contributed by atoms with Crippen molar-refractivity contribution in [3.8, 4) is 11.6 Å². The topological polar surface area (TPSA) is 97.4 Å². The zero-order valence-electron chi connectivity index (χ0n) is 18.5. The van der Waals surface area contributed by atoms with Gasteiger partial charge >= 0.3 is 0 Å². The molecule has 0 saturated carbocycles. The molecule has 3 rings (SSSR count). The van der Waals surface area contributed by atoms with Crippen molar-refractivity contribution in [2.45, 2.75) is 44.6 Å². The van der Waals surface area contributed by atoms with Gasteiger partial charge in [0.05, 0.1) is 16.8 Å². The van der Waals surface area contributed by atoms with Gasteiger partial charge in [0, 0.05) is 17.7 Å². The Kier molecular flexibility index (Phi) is 7.15. The summed E-state index contributed by atoms with van der Waals surface area (Å²) in [4.78, 5) is 16.3. The lowest BCUT2D eigenvalue weighted by atomic mass is 10.0. The van der Waals surface area contributed by atoms with Crippen molar-refractivity contribution in [1.82, 2.24) is 10.3 Å². The Morgan fingerprint density at radius 2 is 1.56 bits per heavy atom. The minimum absolute atomic E-state index is 0.0537. The van der Waals surface area contributed by atoms with Crippen molar-refractivity contribution >= 4 is 21.6 Å². The second-order valence-corrected chi connectivity index (χ2v) is 9.65. The van der Waals surface area contributed by atoms with Crippen molar-refractivity contribution in [1.29, 1.82) is 0 Å². The molecule has 0 spiro atoms. The number of aromatic nitrogens is 1. The van der Waals surface area contributed by atoms with Gasteiger partial charge in [-0.25, -0.2) is 13.4 Å². The van der Waals surface area contributed by atoms with Crippen LogP contribution in [0.4, 0.5) is 5.69 Å². The fourth-order valence-corrected chi connectivity index (χ4v) is 3.93. The molecule has 7 nitrogen and oxygen atoms in total. The highest BCUT2D eigenvalue weighted by Crippen LogP contribution is 2.23. The van der Waals surface area contributed by atoms with Crippen LogP contribution in [-0.2, 0) is 10.0 Å². The van der Waals surface area contributed by atoms with Crippen LogP contribution in [0.1, 0.15) is 49.5 Å². The molecule has 2 aromatic carbocycles. The highest BCUT2D eigenvalue weighted by atomic mass is 32.2. The fraction of sp³-hybridized carbons (Fsp3) is 0.250. The molecule has 0 bridgehead atoms. The summed E-state index contributed by atoms with van der Waals surface area (Å²) < 4.78 is 33.4. The van der Waals surface area contributed by atoms with Crippen LogP contribution >= 0.6 is 0 Å². The molecule has 1 heterocycles. The lowest BCUT2D eigenvalue weighted by Gasteiger charge is -2.11. The number of nitrogens with one attached hydrogen (secondary N) is 2. The highest BCUT2D eigenvalue weighted by Gasteiger charge is 2.15. The predicted molar refractivity (Wildman–Crippen MR) is 125 cm³/mol. The number of rotatable bonds is 8. The van der Waals surface area contributed by atoms with Crippen molar-refractivity contribution in [2.24, 2.45) is 0 Å². The predicted octanol–water partition coefficient (Wildman–Crippen LogP) is 4.94. The van der Waals surface area contributed by atoms with E-state index in [-0.39, 0.29) is 16.8 Å². The average molecular weight is 454 g/mol. The fourth-order valence-electron chi connectivity index (χ4n) is 2.89. The Bertz CT molecular complexity index is 1160. The number of hydrogen-bond donors (Lipinski definition) is 2. The first-order valence-electron chi connectivity index (χ1n) is 10.3. The summed E-state index contributed by atoms with van der Waals surface area (Å²) in [6.45, 7) is 7.89. The monoisotopic (exact) mass is 453 g/mol. The van der Waals surface area contributed by atoms with E-state index >= 15 is 0 Å². The third-order valence-electron chi connectivity index (χ3n) is 4.60. The van der Waals surface area contributed by atoms with Crippen molar-refractivity contribution in [3.63, 3.8) is 0 Å². The zero-order chi connectivity index (χ0) is 23.3. The SMILES string of the molecule is CC(C)NC(=O)c1ccc(Oc2ccc(NS(=O)(=O)c3ccc(C(C)C)cc3)cn2)cc1. The zero-order valence-corrected chi connectivity index (χ0v) is 19.3. The Morgan fingerprint density at radius 1 is 0.906 bits per heavy atom. The summed E-state index contributed by atoms with van der Waals surface area (Å²) in [5, 5.41) is 2.82. The molecule has 3 aromatic rings. The molecule has 0 unspecified atom stereocenters. The van der Waals surface area contributed by atoms with Crippen molar-refractivity contribution < 1.29 is 17.9 Å². The summed E-state index contributed by atoms with van der Waals surface area (Å²) in [5.74, 6) is 0.982. The van der Waals surface area contributed by atoms with Gasteiger partial charge in [-0.05, 0) is 67.8 Å². The second-order valence-electron chi connectivity index (χ2n) is 7.97. The van der Waals surface area contributed by atoms with E-state index < -0.39 is 10.0 Å². The molecule has 2 N–H and O–H groups in total. The summed E-state index contributed by atoms with van der Waals surface area (Å²) in [6.07, 6.45) is 1.39. The van der Waals surface area contributed by atoms with Crippen LogP contribution in [0.15, 0.2) is 71.8 Å². The van der Waals surface area contributed by atoms with E-state index in [2.05, 4.69) is 28.9 Å². The Balaban J connectivity index is 1.64. The van der Waals surface area contributed by atoms with Crippen LogP contribution in [0.5, 0.6) is 11.6 Å². The number of benzene rings is 2. The summed E-state index contributed by atoms with van der Waals surface area (Å²) in [5.41, 5.74) is 1.93. The van der Waals surface area contributed by atoms with Gasteiger partial charge in [0.15, 0.2) is 0 Å². The van der Waals surface area contributed by atoms with Crippen molar-refractivity contribution in [2.75, 3.05) is 4.72 Å². The molecule has 1 amide bonds. The minimum Gasteiger partial charge on any atom is -0.439 e. The van der Waals surface area contributed by atoms with E-state index in [1.165, 1.54) is 6.20 Å². The van der Waals surface area contributed by atoms with Gasteiger partial charge in [-0.3, -0.25) is 9.52 Å². The maximum absolute atomic E-state index is 12.6. The molecule has 0 saturated heterocycles. The number of sulfonamides is 1. The number of amides is 1. The second kappa shape index (κ2) is 9.82. The Labute approximate surface area is 188 Å². The molecule has 0 atom stereocenters. The van der Waals surface area contributed by atoms with Crippen LogP contribution in [0.3, 0.4) is 0 Å². The lowest BCUT2D eigenvalue weighted by molar-refractivity contribution is 0.0943. The number of hydrogen-bond acceptors (Lipinski definition) is 5. The molecular formula is C24H27N3O4S. The number of carbonyl (C=O) groups excluding carboxylic acids is 1. The largest absolute Gasteiger partial charge is 0.439 e.